The maximum atomic E-state index is 13.2. The number of piperazine rings is 1. The highest BCUT2D eigenvalue weighted by Gasteiger charge is 2.29. The van der Waals surface area contributed by atoms with Crippen LogP contribution in [0.4, 0.5) is 17.2 Å². The zero-order chi connectivity index (χ0) is 26.9. The Morgan fingerprint density at radius 1 is 0.949 bits per heavy atom. The van der Waals surface area contributed by atoms with E-state index in [0.29, 0.717) is 44.3 Å². The molecule has 4 aromatic rings. The third kappa shape index (κ3) is 4.81. The topological polar surface area (TPSA) is 73.8 Å². The molecule has 1 N–H and O–H groups in total. The van der Waals surface area contributed by atoms with Gasteiger partial charge in [-0.25, -0.2) is 0 Å². The maximum Gasteiger partial charge on any atom is 0.318 e. The van der Waals surface area contributed by atoms with Crippen LogP contribution >= 0.6 is 11.6 Å². The zero-order valence-corrected chi connectivity index (χ0v) is 22.9. The lowest BCUT2D eigenvalue weighted by Gasteiger charge is -2.38. The molecule has 2 aliphatic rings. The van der Waals surface area contributed by atoms with Gasteiger partial charge in [-0.3, -0.25) is 4.79 Å². The number of anilines is 3. The highest BCUT2D eigenvalue weighted by molar-refractivity contribution is 6.36. The summed E-state index contributed by atoms with van der Waals surface area (Å²) in [6.45, 7) is 4.14. The average molecular weight is 543 g/mol. The molecule has 0 aliphatic carbocycles. The fourth-order valence-corrected chi connectivity index (χ4v) is 5.88. The Kier molecular flexibility index (Phi) is 6.87. The number of fused-ring (bicyclic) bond motifs is 2. The molecule has 3 heterocycles. The van der Waals surface area contributed by atoms with Crippen molar-refractivity contribution in [3.05, 3.63) is 82.5 Å². The lowest BCUT2D eigenvalue weighted by Crippen LogP contribution is -2.49. The Morgan fingerprint density at radius 3 is 2.49 bits per heavy atom. The summed E-state index contributed by atoms with van der Waals surface area (Å²) in [5.74, 6) is 0.968. The van der Waals surface area contributed by atoms with Gasteiger partial charge in [0.15, 0.2) is 0 Å². The van der Waals surface area contributed by atoms with E-state index in [1.165, 1.54) is 0 Å². The van der Waals surface area contributed by atoms with Crippen molar-refractivity contribution in [1.29, 1.82) is 0 Å². The minimum absolute atomic E-state index is 0.0541. The Morgan fingerprint density at radius 2 is 1.72 bits per heavy atom. The highest BCUT2D eigenvalue weighted by Crippen LogP contribution is 2.37. The van der Waals surface area contributed by atoms with Gasteiger partial charge in [-0.05, 0) is 42.1 Å². The Bertz CT molecular complexity index is 1530. The molecule has 1 aromatic heterocycles. The SMILES string of the molecule is CNc1cccc(C(=O)N2CCN(c3nc(OC)nc4c3CCN(c3cccc5cccc(Cl)c35)C4)CC2)c1. The maximum absolute atomic E-state index is 13.2. The van der Waals surface area contributed by atoms with Gasteiger partial charge in [0.1, 0.15) is 5.82 Å². The highest BCUT2D eigenvalue weighted by atomic mass is 35.5. The molecule has 39 heavy (non-hydrogen) atoms. The van der Waals surface area contributed by atoms with Crippen LogP contribution in [-0.4, -0.2) is 67.7 Å². The first-order valence-corrected chi connectivity index (χ1v) is 13.6. The van der Waals surface area contributed by atoms with E-state index in [1.807, 2.05) is 48.3 Å². The van der Waals surface area contributed by atoms with Crippen molar-refractivity contribution in [2.75, 3.05) is 62.0 Å². The first-order valence-electron chi connectivity index (χ1n) is 13.2. The summed E-state index contributed by atoms with van der Waals surface area (Å²) >= 11 is 6.63. The third-order valence-electron chi connectivity index (χ3n) is 7.64. The molecule has 0 atom stereocenters. The van der Waals surface area contributed by atoms with Crippen LogP contribution in [0, 0.1) is 0 Å². The number of rotatable bonds is 5. The van der Waals surface area contributed by atoms with Crippen LogP contribution in [0.15, 0.2) is 60.7 Å². The smallest absolute Gasteiger partial charge is 0.318 e. The van der Waals surface area contributed by atoms with Crippen LogP contribution in [-0.2, 0) is 13.0 Å². The largest absolute Gasteiger partial charge is 0.467 e. The molecule has 0 unspecified atom stereocenters. The summed E-state index contributed by atoms with van der Waals surface area (Å²) in [5, 5.41) is 6.04. The first kappa shape index (κ1) is 25.2. The summed E-state index contributed by atoms with van der Waals surface area (Å²) in [6, 6.07) is 20.3. The lowest BCUT2D eigenvalue weighted by atomic mass is 10.0. The molecule has 1 amide bonds. The summed E-state index contributed by atoms with van der Waals surface area (Å²) in [5.41, 5.74) is 4.86. The van der Waals surface area contributed by atoms with E-state index >= 15 is 0 Å². The number of amides is 1. The van der Waals surface area contributed by atoms with Gasteiger partial charge in [0.2, 0.25) is 0 Å². The van der Waals surface area contributed by atoms with E-state index in [1.54, 1.807) is 7.11 Å². The predicted molar refractivity (Wildman–Crippen MR) is 156 cm³/mol. The van der Waals surface area contributed by atoms with Crippen molar-refractivity contribution in [3.63, 3.8) is 0 Å². The molecule has 0 bridgehead atoms. The number of ether oxygens (including phenoxy) is 1. The summed E-state index contributed by atoms with van der Waals surface area (Å²) in [6.07, 6.45) is 0.811. The van der Waals surface area contributed by atoms with Gasteiger partial charge in [0, 0.05) is 67.7 Å². The number of methoxy groups -OCH3 is 1. The lowest BCUT2D eigenvalue weighted by molar-refractivity contribution is 0.0746. The molecule has 6 rings (SSSR count). The molecule has 0 saturated carbocycles. The van der Waals surface area contributed by atoms with Crippen molar-refractivity contribution in [2.24, 2.45) is 0 Å². The summed E-state index contributed by atoms with van der Waals surface area (Å²) in [7, 11) is 3.46. The van der Waals surface area contributed by atoms with Crippen LogP contribution < -0.4 is 19.9 Å². The molecule has 0 spiro atoms. The Hall–Kier alpha value is -4.04. The van der Waals surface area contributed by atoms with Crippen LogP contribution in [0.5, 0.6) is 6.01 Å². The first-order chi connectivity index (χ1) is 19.1. The second-order valence-corrected chi connectivity index (χ2v) is 10.3. The second kappa shape index (κ2) is 10.6. The molecule has 1 saturated heterocycles. The van der Waals surface area contributed by atoms with Gasteiger partial charge in [0.25, 0.3) is 5.91 Å². The number of benzene rings is 3. The van der Waals surface area contributed by atoms with E-state index in [0.717, 1.165) is 57.2 Å². The van der Waals surface area contributed by atoms with Crippen LogP contribution in [0.3, 0.4) is 0 Å². The van der Waals surface area contributed by atoms with Crippen molar-refractivity contribution in [2.45, 2.75) is 13.0 Å². The van der Waals surface area contributed by atoms with Gasteiger partial charge in [-0.15, -0.1) is 0 Å². The molecule has 1 fully saturated rings. The quantitative estimate of drug-likeness (QED) is 0.386. The van der Waals surface area contributed by atoms with Crippen molar-refractivity contribution < 1.29 is 9.53 Å². The van der Waals surface area contributed by atoms with Crippen LogP contribution in [0.2, 0.25) is 5.02 Å². The summed E-state index contributed by atoms with van der Waals surface area (Å²) < 4.78 is 5.52. The van der Waals surface area contributed by atoms with E-state index in [2.05, 4.69) is 39.4 Å². The standard InChI is InChI=1S/C30H31ClN6O2/c1-32-22-9-3-8-21(18-22)29(38)36-16-14-35(15-17-36)28-23-12-13-37(19-25(23)33-30(34-28)39-2)26-11-5-7-20-6-4-10-24(31)27(20)26/h3-11,18,32H,12-17,19H2,1-2H3. The van der Waals surface area contributed by atoms with Crippen molar-refractivity contribution >= 4 is 45.5 Å². The third-order valence-corrected chi connectivity index (χ3v) is 7.96. The molecule has 200 valence electrons. The average Bonchev–Trinajstić information content (AvgIpc) is 2.99. The van der Waals surface area contributed by atoms with E-state index < -0.39 is 0 Å². The number of hydrogen-bond acceptors (Lipinski definition) is 7. The Labute approximate surface area is 233 Å². The number of nitrogens with zero attached hydrogens (tertiary/aromatic N) is 5. The molecule has 0 radical (unpaired) electrons. The van der Waals surface area contributed by atoms with Crippen molar-refractivity contribution in [1.82, 2.24) is 14.9 Å². The van der Waals surface area contributed by atoms with E-state index in [4.69, 9.17) is 26.3 Å². The molecule has 2 aliphatic heterocycles. The van der Waals surface area contributed by atoms with Gasteiger partial charge in [-0.2, -0.15) is 9.97 Å². The zero-order valence-electron chi connectivity index (χ0n) is 22.2. The minimum Gasteiger partial charge on any atom is -0.467 e. The number of carbonyl (C=O) groups is 1. The van der Waals surface area contributed by atoms with Crippen LogP contribution in [0.1, 0.15) is 21.6 Å². The number of aromatic nitrogens is 2. The van der Waals surface area contributed by atoms with Crippen LogP contribution in [0.25, 0.3) is 10.8 Å². The van der Waals surface area contributed by atoms with Crippen molar-refractivity contribution in [3.8, 4) is 6.01 Å². The molecule has 9 heteroatoms. The molecular formula is C30H31ClN6O2. The normalized spacial score (nSPS) is 15.3. The van der Waals surface area contributed by atoms with E-state index in [9.17, 15) is 4.79 Å². The number of hydrogen-bond donors (Lipinski definition) is 1. The number of halogens is 1. The molecule has 3 aromatic carbocycles. The van der Waals surface area contributed by atoms with Gasteiger partial charge < -0.3 is 24.8 Å². The fraction of sp³-hybridized carbons (Fsp3) is 0.300. The van der Waals surface area contributed by atoms with E-state index in [-0.39, 0.29) is 5.91 Å². The van der Waals surface area contributed by atoms with Gasteiger partial charge in [0.05, 0.1) is 24.4 Å². The van der Waals surface area contributed by atoms with Gasteiger partial charge >= 0.3 is 6.01 Å². The monoisotopic (exact) mass is 542 g/mol. The second-order valence-electron chi connectivity index (χ2n) is 9.86. The molecular weight excluding hydrogens is 512 g/mol. The molecule has 8 nitrogen and oxygen atoms in total. The summed E-state index contributed by atoms with van der Waals surface area (Å²) in [4.78, 5) is 29.2. The van der Waals surface area contributed by atoms with Gasteiger partial charge in [-0.1, -0.05) is 41.9 Å². The number of carbonyl (C=O) groups excluding carboxylic acids is 1. The number of nitrogens with one attached hydrogen (secondary N) is 1. The minimum atomic E-state index is 0.0541. The predicted octanol–water partition coefficient (Wildman–Crippen LogP) is 4.86. The Balaban J connectivity index is 1.23. The fourth-order valence-electron chi connectivity index (χ4n) is 5.60.